The maximum Gasteiger partial charge on any atom is 0.0710 e. The minimum Gasteiger partial charge on any atom is -0.248 e. The van der Waals surface area contributed by atoms with E-state index in [2.05, 4.69) is 20.9 Å². The van der Waals surface area contributed by atoms with Crippen molar-refractivity contribution in [2.75, 3.05) is 0 Å². The van der Waals surface area contributed by atoms with Gasteiger partial charge >= 0.3 is 0 Å². The van der Waals surface area contributed by atoms with Crippen LogP contribution < -0.4 is 0 Å². The van der Waals surface area contributed by atoms with Crippen molar-refractivity contribution < 1.29 is 0 Å². The van der Waals surface area contributed by atoms with E-state index in [-0.39, 0.29) is 0 Å². The van der Waals surface area contributed by atoms with Gasteiger partial charge in [-0.3, -0.25) is 0 Å². The zero-order valence-electron chi connectivity index (χ0n) is 7.24. The Morgan fingerprint density at radius 2 is 2.07 bits per heavy atom. The largest absolute Gasteiger partial charge is 0.248 e. The maximum absolute atomic E-state index is 5.87. The van der Waals surface area contributed by atoms with Gasteiger partial charge in [0.25, 0.3) is 0 Å². The van der Waals surface area contributed by atoms with Crippen molar-refractivity contribution in [2.24, 2.45) is 0 Å². The molecule has 2 rings (SSSR count). The van der Waals surface area contributed by atoms with Gasteiger partial charge in [-0.05, 0) is 35.3 Å². The van der Waals surface area contributed by atoms with Crippen molar-refractivity contribution in [2.45, 2.75) is 0 Å². The first-order valence-electron chi connectivity index (χ1n) is 4.13. The van der Waals surface area contributed by atoms with E-state index in [1.165, 1.54) is 0 Å². The molecular formula is C11H7BrClN. The van der Waals surface area contributed by atoms with Crippen LogP contribution in [0.1, 0.15) is 5.69 Å². The summed E-state index contributed by atoms with van der Waals surface area (Å²) in [5.41, 5.74) is 1.88. The lowest BCUT2D eigenvalue weighted by Gasteiger charge is -1.98. The number of fused-ring (bicyclic) bond motifs is 1. The molecule has 0 amide bonds. The van der Waals surface area contributed by atoms with Crippen molar-refractivity contribution in [3.63, 3.8) is 0 Å². The van der Waals surface area contributed by atoms with Gasteiger partial charge in [-0.1, -0.05) is 33.6 Å². The Balaban J connectivity index is 2.61. The van der Waals surface area contributed by atoms with Crippen molar-refractivity contribution >= 4 is 44.5 Å². The molecule has 0 fully saturated rings. The van der Waals surface area contributed by atoms with E-state index in [9.17, 15) is 0 Å². The van der Waals surface area contributed by atoms with Gasteiger partial charge in [0.1, 0.15) is 0 Å². The van der Waals surface area contributed by atoms with Gasteiger partial charge < -0.3 is 0 Å². The molecule has 0 aliphatic carbocycles. The lowest BCUT2D eigenvalue weighted by Crippen LogP contribution is -1.82. The molecule has 1 nitrogen and oxygen atoms in total. The summed E-state index contributed by atoms with van der Waals surface area (Å²) < 4.78 is 0. The quantitative estimate of drug-likeness (QED) is 0.753. The highest BCUT2D eigenvalue weighted by Gasteiger charge is 1.96. The average Bonchev–Trinajstić information content (AvgIpc) is 2.19. The van der Waals surface area contributed by atoms with Crippen molar-refractivity contribution in [1.82, 2.24) is 4.98 Å². The molecule has 0 aliphatic heterocycles. The fraction of sp³-hybridized carbons (Fsp3) is 0. The number of benzene rings is 1. The SMILES string of the molecule is Clc1ccc2nc(C=CBr)ccc2c1. The van der Waals surface area contributed by atoms with Gasteiger partial charge in [0, 0.05) is 10.4 Å². The highest BCUT2D eigenvalue weighted by molar-refractivity contribution is 9.11. The van der Waals surface area contributed by atoms with E-state index < -0.39 is 0 Å². The van der Waals surface area contributed by atoms with E-state index in [4.69, 9.17) is 11.6 Å². The van der Waals surface area contributed by atoms with Crippen molar-refractivity contribution in [3.05, 3.63) is 46.0 Å². The van der Waals surface area contributed by atoms with Crippen LogP contribution in [0.3, 0.4) is 0 Å². The third-order valence-corrected chi connectivity index (χ3v) is 2.41. The smallest absolute Gasteiger partial charge is 0.0710 e. The number of aromatic nitrogens is 1. The molecule has 1 aromatic carbocycles. The molecule has 0 atom stereocenters. The first kappa shape index (κ1) is 9.69. The predicted molar refractivity (Wildman–Crippen MR) is 64.7 cm³/mol. The van der Waals surface area contributed by atoms with E-state index >= 15 is 0 Å². The summed E-state index contributed by atoms with van der Waals surface area (Å²) in [5, 5.41) is 1.80. The number of hydrogen-bond donors (Lipinski definition) is 0. The third-order valence-electron chi connectivity index (χ3n) is 1.91. The van der Waals surface area contributed by atoms with Crippen LogP contribution in [0.15, 0.2) is 35.3 Å². The second-order valence-corrected chi connectivity index (χ2v) is 3.83. The summed E-state index contributed by atoms with van der Waals surface area (Å²) >= 11 is 9.09. The van der Waals surface area contributed by atoms with E-state index in [1.807, 2.05) is 36.4 Å². The Labute approximate surface area is 95.5 Å². The standard InChI is InChI=1S/C11H7BrClN/c12-6-5-10-3-1-8-7-9(13)2-4-11(8)14-10/h1-7H. The van der Waals surface area contributed by atoms with Crippen LogP contribution in [0.25, 0.3) is 17.0 Å². The molecule has 2 aromatic rings. The lowest BCUT2D eigenvalue weighted by molar-refractivity contribution is 1.37. The van der Waals surface area contributed by atoms with Gasteiger partial charge in [0.15, 0.2) is 0 Å². The molecule has 0 saturated carbocycles. The summed E-state index contributed by atoms with van der Waals surface area (Å²) in [7, 11) is 0. The minimum absolute atomic E-state index is 0.739. The monoisotopic (exact) mass is 267 g/mol. The third kappa shape index (κ3) is 1.97. The molecular weight excluding hydrogens is 261 g/mol. The first-order chi connectivity index (χ1) is 6.79. The van der Waals surface area contributed by atoms with Gasteiger partial charge in [-0.2, -0.15) is 0 Å². The Bertz CT molecular complexity index is 494. The van der Waals surface area contributed by atoms with Crippen molar-refractivity contribution in [3.8, 4) is 0 Å². The summed E-state index contributed by atoms with van der Waals surface area (Å²) in [6, 6.07) is 9.64. The molecule has 1 aromatic heterocycles. The number of rotatable bonds is 1. The molecule has 70 valence electrons. The van der Waals surface area contributed by atoms with Crippen molar-refractivity contribution in [1.29, 1.82) is 0 Å². The molecule has 1 heterocycles. The molecule has 3 heteroatoms. The summed E-state index contributed by atoms with van der Waals surface area (Å²) in [5.74, 6) is 0. The zero-order chi connectivity index (χ0) is 9.97. The van der Waals surface area contributed by atoms with Gasteiger partial charge in [-0.15, -0.1) is 0 Å². The summed E-state index contributed by atoms with van der Waals surface area (Å²) in [6.07, 6.45) is 1.90. The van der Waals surface area contributed by atoms with Gasteiger partial charge in [0.05, 0.1) is 11.2 Å². The molecule has 0 saturated heterocycles. The number of pyridine rings is 1. The van der Waals surface area contributed by atoms with E-state index in [0.29, 0.717) is 0 Å². The molecule has 0 spiro atoms. The number of nitrogens with zero attached hydrogens (tertiary/aromatic N) is 1. The van der Waals surface area contributed by atoms with Crippen LogP contribution in [0.4, 0.5) is 0 Å². The normalized spacial score (nSPS) is 11.3. The Morgan fingerprint density at radius 1 is 1.21 bits per heavy atom. The lowest BCUT2D eigenvalue weighted by atomic mass is 10.2. The average molecular weight is 269 g/mol. The molecule has 0 bridgehead atoms. The molecule has 0 N–H and O–H groups in total. The fourth-order valence-electron chi connectivity index (χ4n) is 1.27. The molecule has 14 heavy (non-hydrogen) atoms. The zero-order valence-corrected chi connectivity index (χ0v) is 9.59. The highest BCUT2D eigenvalue weighted by Crippen LogP contribution is 2.18. The highest BCUT2D eigenvalue weighted by atomic mass is 79.9. The Kier molecular flexibility index (Phi) is 2.85. The van der Waals surface area contributed by atoms with Crippen LogP contribution in [-0.2, 0) is 0 Å². The van der Waals surface area contributed by atoms with E-state index in [0.717, 1.165) is 21.6 Å². The molecule has 0 radical (unpaired) electrons. The Hall–Kier alpha value is -0.860. The van der Waals surface area contributed by atoms with Crippen LogP contribution >= 0.6 is 27.5 Å². The fourth-order valence-corrected chi connectivity index (χ4v) is 1.72. The Morgan fingerprint density at radius 3 is 2.86 bits per heavy atom. The topological polar surface area (TPSA) is 12.9 Å². The predicted octanol–water partition coefficient (Wildman–Crippen LogP) is 4.25. The second kappa shape index (κ2) is 4.11. The molecule has 0 aliphatic rings. The van der Waals surface area contributed by atoms with Gasteiger partial charge in [-0.25, -0.2) is 4.98 Å². The van der Waals surface area contributed by atoms with Gasteiger partial charge in [0.2, 0.25) is 0 Å². The van der Waals surface area contributed by atoms with E-state index in [1.54, 1.807) is 4.99 Å². The second-order valence-electron chi connectivity index (χ2n) is 2.87. The number of hydrogen-bond acceptors (Lipinski definition) is 1. The van der Waals surface area contributed by atoms with Crippen LogP contribution in [-0.4, -0.2) is 4.98 Å². The summed E-state index contributed by atoms with van der Waals surface area (Å²) in [6.45, 7) is 0. The first-order valence-corrected chi connectivity index (χ1v) is 5.42. The van der Waals surface area contributed by atoms with Crippen LogP contribution in [0, 0.1) is 0 Å². The van der Waals surface area contributed by atoms with Crippen LogP contribution in [0.5, 0.6) is 0 Å². The number of halogens is 2. The minimum atomic E-state index is 0.739. The molecule has 0 unspecified atom stereocenters. The van der Waals surface area contributed by atoms with Crippen LogP contribution in [0.2, 0.25) is 5.02 Å². The maximum atomic E-state index is 5.87. The summed E-state index contributed by atoms with van der Waals surface area (Å²) in [4.78, 5) is 6.22.